The van der Waals surface area contributed by atoms with E-state index in [1.54, 1.807) is 6.92 Å². The maximum absolute atomic E-state index is 12.2. The van der Waals surface area contributed by atoms with Gasteiger partial charge >= 0.3 is 5.97 Å². The number of hydrogen-bond donors (Lipinski definition) is 1. The van der Waals surface area contributed by atoms with Crippen LogP contribution in [0.1, 0.15) is 65.7 Å². The summed E-state index contributed by atoms with van der Waals surface area (Å²) in [5.74, 6) is -0.279. The fraction of sp³-hybridized carbons (Fsp3) is 0.750. The molecule has 0 saturated carbocycles. The first kappa shape index (κ1) is 17.7. The quantitative estimate of drug-likeness (QED) is 0.318. The topological polar surface area (TPSA) is 59.1 Å². The van der Waals surface area contributed by atoms with Gasteiger partial charge in [-0.3, -0.25) is 0 Å². The minimum Gasteiger partial charge on any atom is -0.456 e. The molecule has 24 heavy (non-hydrogen) atoms. The standard InChI is InChI=1S/C20H30O4/c1-13-6-5-10-19(3,22)17-12-15(14(2)18(21)23-17)9-11-20(4)16(24-20)8-7-13/h6,15-17,22H,2,5,7-12H2,1,3-4H3/b13-6-/t15-,16+,17-,19+,20+/m0/s1. The van der Waals surface area contributed by atoms with Gasteiger partial charge in [0.05, 0.1) is 17.3 Å². The Hall–Kier alpha value is -1.13. The Labute approximate surface area is 144 Å². The Morgan fingerprint density at radius 1 is 1.25 bits per heavy atom. The number of esters is 1. The monoisotopic (exact) mass is 334 g/mol. The number of rotatable bonds is 0. The molecule has 5 atom stereocenters. The van der Waals surface area contributed by atoms with E-state index < -0.39 is 11.7 Å². The molecular weight excluding hydrogens is 304 g/mol. The van der Waals surface area contributed by atoms with E-state index in [0.29, 0.717) is 24.5 Å². The smallest absolute Gasteiger partial charge is 0.334 e. The van der Waals surface area contributed by atoms with Crippen molar-refractivity contribution in [3.63, 3.8) is 0 Å². The van der Waals surface area contributed by atoms with E-state index in [-0.39, 0.29) is 17.5 Å². The van der Waals surface area contributed by atoms with Crippen LogP contribution in [-0.2, 0) is 14.3 Å². The largest absolute Gasteiger partial charge is 0.456 e. The average Bonchev–Trinajstić information content (AvgIpc) is 3.16. The van der Waals surface area contributed by atoms with E-state index in [0.717, 1.165) is 32.1 Å². The number of allylic oxidation sites excluding steroid dienone is 2. The van der Waals surface area contributed by atoms with Gasteiger partial charge in [0.25, 0.3) is 0 Å². The first-order valence-corrected chi connectivity index (χ1v) is 9.17. The zero-order chi connectivity index (χ0) is 17.5. The van der Waals surface area contributed by atoms with Crippen molar-refractivity contribution in [2.45, 2.75) is 89.1 Å². The molecule has 1 N–H and O–H groups in total. The molecule has 3 rings (SSSR count). The van der Waals surface area contributed by atoms with Gasteiger partial charge in [0.15, 0.2) is 0 Å². The fourth-order valence-electron chi connectivity index (χ4n) is 4.06. The number of fused-ring (bicyclic) bond motifs is 3. The number of epoxide rings is 1. The van der Waals surface area contributed by atoms with Crippen LogP contribution in [0.3, 0.4) is 0 Å². The molecule has 134 valence electrons. The van der Waals surface area contributed by atoms with Gasteiger partial charge < -0.3 is 14.6 Å². The number of aliphatic hydroxyl groups is 1. The van der Waals surface area contributed by atoms with Crippen molar-refractivity contribution in [2.24, 2.45) is 5.92 Å². The third-order valence-corrected chi connectivity index (χ3v) is 6.17. The summed E-state index contributed by atoms with van der Waals surface area (Å²) in [4.78, 5) is 12.2. The highest BCUT2D eigenvalue weighted by atomic mass is 16.6. The summed E-state index contributed by atoms with van der Waals surface area (Å²) in [5, 5.41) is 10.8. The van der Waals surface area contributed by atoms with Crippen LogP contribution < -0.4 is 0 Å². The second-order valence-corrected chi connectivity index (χ2v) is 8.29. The molecular formula is C20H30O4. The third kappa shape index (κ3) is 3.60. The predicted octanol–water partition coefficient (Wildman–Crippen LogP) is 3.68. The Morgan fingerprint density at radius 3 is 2.75 bits per heavy atom. The van der Waals surface area contributed by atoms with E-state index in [1.807, 2.05) is 0 Å². The molecule has 0 aromatic rings. The molecule has 0 aromatic heterocycles. The second-order valence-electron chi connectivity index (χ2n) is 8.29. The number of hydrogen-bond acceptors (Lipinski definition) is 4. The van der Waals surface area contributed by atoms with Crippen molar-refractivity contribution in [3.05, 3.63) is 23.8 Å². The van der Waals surface area contributed by atoms with Crippen LogP contribution in [0.25, 0.3) is 0 Å². The molecule has 3 aliphatic rings. The molecule has 2 saturated heterocycles. The summed E-state index contributed by atoms with van der Waals surface area (Å²) >= 11 is 0. The van der Waals surface area contributed by atoms with Crippen LogP contribution in [0.15, 0.2) is 23.8 Å². The molecule has 2 heterocycles. The Bertz CT molecular complexity index is 562. The van der Waals surface area contributed by atoms with Gasteiger partial charge in [0.1, 0.15) is 6.10 Å². The van der Waals surface area contributed by atoms with Crippen molar-refractivity contribution in [3.8, 4) is 0 Å². The first-order chi connectivity index (χ1) is 11.2. The van der Waals surface area contributed by atoms with Crippen LogP contribution in [-0.4, -0.2) is 34.5 Å². The van der Waals surface area contributed by atoms with Crippen molar-refractivity contribution in [2.75, 3.05) is 0 Å². The van der Waals surface area contributed by atoms with Crippen LogP contribution in [0, 0.1) is 5.92 Å². The van der Waals surface area contributed by atoms with Crippen molar-refractivity contribution in [1.82, 2.24) is 0 Å². The lowest BCUT2D eigenvalue weighted by atomic mass is 9.79. The van der Waals surface area contributed by atoms with Gasteiger partial charge in [-0.1, -0.05) is 18.2 Å². The molecule has 0 amide bonds. The zero-order valence-electron chi connectivity index (χ0n) is 15.1. The normalized spacial score (nSPS) is 46.2. The zero-order valence-corrected chi connectivity index (χ0v) is 15.1. The second kappa shape index (κ2) is 6.30. The molecule has 0 unspecified atom stereocenters. The molecule has 1 aliphatic carbocycles. The van der Waals surface area contributed by atoms with Gasteiger partial charge in [-0.15, -0.1) is 0 Å². The number of carbonyl (C=O) groups is 1. The highest BCUT2D eigenvalue weighted by Gasteiger charge is 2.52. The van der Waals surface area contributed by atoms with Crippen LogP contribution in [0.4, 0.5) is 0 Å². The Kier molecular flexibility index (Phi) is 4.65. The lowest BCUT2D eigenvalue weighted by Crippen LogP contribution is -2.47. The molecule has 4 nitrogen and oxygen atoms in total. The van der Waals surface area contributed by atoms with E-state index >= 15 is 0 Å². The molecule has 0 spiro atoms. The van der Waals surface area contributed by atoms with Gasteiger partial charge in [-0.2, -0.15) is 0 Å². The summed E-state index contributed by atoms with van der Waals surface area (Å²) in [6.45, 7) is 10.0. The number of ether oxygens (including phenoxy) is 2. The third-order valence-electron chi connectivity index (χ3n) is 6.17. The van der Waals surface area contributed by atoms with E-state index in [2.05, 4.69) is 26.5 Å². The van der Waals surface area contributed by atoms with Crippen LogP contribution >= 0.6 is 0 Å². The molecule has 2 bridgehead atoms. The van der Waals surface area contributed by atoms with Gasteiger partial charge in [-0.25, -0.2) is 4.79 Å². The molecule has 2 aliphatic heterocycles. The summed E-state index contributed by atoms with van der Waals surface area (Å²) in [5.41, 5.74) is 0.820. The van der Waals surface area contributed by atoms with E-state index in [9.17, 15) is 9.90 Å². The SMILES string of the molecule is C=C1C(=O)O[C@H]2C[C@@H]1CC[C@@]1(C)O[C@@H]1CC/C(C)=C\CC[C@@]2(C)O. The van der Waals surface area contributed by atoms with Gasteiger partial charge in [-0.05, 0) is 71.6 Å². The molecule has 0 aromatic carbocycles. The fourth-order valence-corrected chi connectivity index (χ4v) is 4.06. The molecule has 0 radical (unpaired) electrons. The summed E-state index contributed by atoms with van der Waals surface area (Å²) in [7, 11) is 0. The highest BCUT2D eigenvalue weighted by molar-refractivity contribution is 5.89. The van der Waals surface area contributed by atoms with Gasteiger partial charge in [0.2, 0.25) is 0 Å². The van der Waals surface area contributed by atoms with Crippen molar-refractivity contribution >= 4 is 5.97 Å². The first-order valence-electron chi connectivity index (χ1n) is 9.17. The van der Waals surface area contributed by atoms with Gasteiger partial charge in [0, 0.05) is 5.57 Å². The summed E-state index contributed by atoms with van der Waals surface area (Å²) in [6, 6.07) is 0. The molecule has 2 fully saturated rings. The van der Waals surface area contributed by atoms with E-state index in [4.69, 9.17) is 9.47 Å². The van der Waals surface area contributed by atoms with E-state index in [1.165, 1.54) is 5.57 Å². The number of carbonyl (C=O) groups excluding carboxylic acids is 1. The van der Waals surface area contributed by atoms with Crippen LogP contribution in [0.5, 0.6) is 0 Å². The van der Waals surface area contributed by atoms with Crippen molar-refractivity contribution < 1.29 is 19.4 Å². The Balaban J connectivity index is 1.80. The summed E-state index contributed by atoms with van der Waals surface area (Å²) in [6.07, 6.45) is 7.98. The minimum atomic E-state index is -1.00. The minimum absolute atomic E-state index is 0.0654. The average molecular weight is 334 g/mol. The lowest BCUT2D eigenvalue weighted by Gasteiger charge is -2.39. The van der Waals surface area contributed by atoms with Crippen LogP contribution in [0.2, 0.25) is 0 Å². The lowest BCUT2D eigenvalue weighted by molar-refractivity contribution is -0.168. The maximum atomic E-state index is 12.2. The summed E-state index contributed by atoms with van der Waals surface area (Å²) < 4.78 is 11.4. The molecule has 4 heteroatoms. The van der Waals surface area contributed by atoms with Crippen molar-refractivity contribution in [1.29, 1.82) is 0 Å². The maximum Gasteiger partial charge on any atom is 0.334 e. The Morgan fingerprint density at radius 2 is 2.00 bits per heavy atom. The highest BCUT2D eigenvalue weighted by Crippen LogP contribution is 2.46. The predicted molar refractivity (Wildman–Crippen MR) is 92.5 cm³/mol.